The van der Waals surface area contributed by atoms with E-state index in [1.165, 1.54) is 12.1 Å². The lowest BCUT2D eigenvalue weighted by molar-refractivity contribution is -0.0956. The first kappa shape index (κ1) is 21.3. The van der Waals surface area contributed by atoms with E-state index in [2.05, 4.69) is 20.7 Å². The Labute approximate surface area is 184 Å². The van der Waals surface area contributed by atoms with E-state index in [0.29, 0.717) is 43.5 Å². The van der Waals surface area contributed by atoms with Crippen LogP contribution in [0.15, 0.2) is 57.9 Å². The van der Waals surface area contributed by atoms with E-state index in [-0.39, 0.29) is 17.1 Å². The molecule has 0 atom stereocenters. The first-order valence-corrected chi connectivity index (χ1v) is 12.1. The van der Waals surface area contributed by atoms with E-state index in [1.807, 2.05) is 0 Å². The van der Waals surface area contributed by atoms with Crippen molar-refractivity contribution in [1.82, 2.24) is 4.90 Å². The van der Waals surface area contributed by atoms with Crippen LogP contribution in [0.3, 0.4) is 0 Å². The van der Waals surface area contributed by atoms with Gasteiger partial charge >= 0.3 is 0 Å². The van der Waals surface area contributed by atoms with Gasteiger partial charge in [-0.3, -0.25) is 9.52 Å². The first-order valence-electron chi connectivity index (χ1n) is 9.83. The van der Waals surface area contributed by atoms with Crippen LogP contribution in [-0.2, 0) is 19.5 Å². The van der Waals surface area contributed by atoms with E-state index in [1.54, 1.807) is 41.3 Å². The van der Waals surface area contributed by atoms with Crippen LogP contribution in [0.1, 0.15) is 23.2 Å². The Morgan fingerprint density at radius 1 is 1.03 bits per heavy atom. The molecule has 0 bridgehead atoms. The van der Waals surface area contributed by atoms with Gasteiger partial charge in [0, 0.05) is 34.7 Å². The summed E-state index contributed by atoms with van der Waals surface area (Å²) < 4.78 is 40.1. The van der Waals surface area contributed by atoms with Gasteiger partial charge < -0.3 is 14.4 Å². The highest BCUT2D eigenvalue weighted by molar-refractivity contribution is 9.10. The summed E-state index contributed by atoms with van der Waals surface area (Å²) in [6, 6.07) is 13.0. The quantitative estimate of drug-likeness (QED) is 0.687. The standard InChI is InChI=1S/C21H23BrN2O5S/c22-17-4-6-18(7-5-17)23-30(26,27)19-3-1-2-16(14-19)20(25)24-10-8-15(9-11-24)21-28-12-13-29-21/h1-7,14-15,21,23H,8-13H2. The molecule has 2 aromatic rings. The van der Waals surface area contributed by atoms with Crippen LogP contribution in [0, 0.1) is 5.92 Å². The zero-order valence-corrected chi connectivity index (χ0v) is 18.7. The normalized spacial score (nSPS) is 18.5. The number of likely N-dealkylation sites (tertiary alicyclic amines) is 1. The number of ether oxygens (including phenoxy) is 2. The molecule has 0 spiro atoms. The minimum atomic E-state index is -3.80. The lowest BCUT2D eigenvalue weighted by atomic mass is 9.95. The summed E-state index contributed by atoms with van der Waals surface area (Å²) in [5, 5.41) is 0. The van der Waals surface area contributed by atoms with E-state index in [4.69, 9.17) is 9.47 Å². The lowest BCUT2D eigenvalue weighted by Gasteiger charge is -2.34. The number of nitrogens with one attached hydrogen (secondary N) is 1. The number of sulfonamides is 1. The van der Waals surface area contributed by atoms with E-state index in [9.17, 15) is 13.2 Å². The average Bonchev–Trinajstić information content (AvgIpc) is 3.30. The maximum absolute atomic E-state index is 12.9. The van der Waals surface area contributed by atoms with Crippen LogP contribution >= 0.6 is 15.9 Å². The van der Waals surface area contributed by atoms with Crippen LogP contribution in [0.4, 0.5) is 5.69 Å². The lowest BCUT2D eigenvalue weighted by Crippen LogP contribution is -2.41. The summed E-state index contributed by atoms with van der Waals surface area (Å²) in [5.74, 6) is 0.126. The molecular formula is C21H23BrN2O5S. The average molecular weight is 495 g/mol. The number of hydrogen-bond acceptors (Lipinski definition) is 5. The van der Waals surface area contributed by atoms with E-state index in [0.717, 1.165) is 17.3 Å². The molecule has 9 heteroatoms. The van der Waals surface area contributed by atoms with Gasteiger partial charge in [-0.15, -0.1) is 0 Å². The minimum absolute atomic E-state index is 0.0545. The third kappa shape index (κ3) is 4.85. The molecule has 7 nitrogen and oxygen atoms in total. The van der Waals surface area contributed by atoms with Crippen molar-refractivity contribution in [2.45, 2.75) is 24.0 Å². The van der Waals surface area contributed by atoms with Gasteiger partial charge in [0.15, 0.2) is 6.29 Å². The van der Waals surface area contributed by atoms with Crippen molar-refractivity contribution in [3.63, 3.8) is 0 Å². The predicted octanol–water partition coefficient (Wildman–Crippen LogP) is 3.48. The van der Waals surface area contributed by atoms with Crippen molar-refractivity contribution in [1.29, 1.82) is 0 Å². The zero-order chi connectivity index (χ0) is 21.1. The maximum atomic E-state index is 12.9. The van der Waals surface area contributed by atoms with Crippen molar-refractivity contribution in [2.24, 2.45) is 5.92 Å². The van der Waals surface area contributed by atoms with Gasteiger partial charge in [-0.25, -0.2) is 8.42 Å². The molecule has 0 unspecified atom stereocenters. The second-order valence-corrected chi connectivity index (χ2v) is 9.98. The summed E-state index contributed by atoms with van der Waals surface area (Å²) in [6.45, 7) is 2.44. The summed E-state index contributed by atoms with van der Waals surface area (Å²) in [7, 11) is -3.80. The van der Waals surface area contributed by atoms with Crippen LogP contribution in [0.2, 0.25) is 0 Å². The molecule has 0 saturated carbocycles. The number of anilines is 1. The molecule has 0 aromatic heterocycles. The Bertz CT molecular complexity index is 998. The fourth-order valence-corrected chi connectivity index (χ4v) is 5.10. The maximum Gasteiger partial charge on any atom is 0.261 e. The third-order valence-electron chi connectivity index (χ3n) is 5.35. The molecule has 2 aliphatic rings. The molecule has 2 heterocycles. The summed E-state index contributed by atoms with van der Waals surface area (Å²) in [6.07, 6.45) is 1.44. The molecule has 2 aliphatic heterocycles. The van der Waals surface area contributed by atoms with Gasteiger partial charge in [0.25, 0.3) is 15.9 Å². The number of rotatable bonds is 5. The molecule has 2 fully saturated rings. The van der Waals surface area contributed by atoms with Crippen molar-refractivity contribution in [3.05, 3.63) is 58.6 Å². The van der Waals surface area contributed by atoms with Crippen molar-refractivity contribution in [3.8, 4) is 0 Å². The molecule has 1 N–H and O–H groups in total. The van der Waals surface area contributed by atoms with Gasteiger partial charge in [-0.2, -0.15) is 0 Å². The molecular weight excluding hydrogens is 472 g/mol. The van der Waals surface area contributed by atoms with Gasteiger partial charge in [0.1, 0.15) is 0 Å². The highest BCUT2D eigenvalue weighted by atomic mass is 79.9. The fourth-order valence-electron chi connectivity index (χ4n) is 3.73. The van der Waals surface area contributed by atoms with Crippen LogP contribution in [-0.4, -0.2) is 51.8 Å². The first-order chi connectivity index (χ1) is 14.4. The third-order valence-corrected chi connectivity index (χ3v) is 7.25. The van der Waals surface area contributed by atoms with Gasteiger partial charge in [-0.05, 0) is 55.3 Å². The summed E-state index contributed by atoms with van der Waals surface area (Å²) >= 11 is 3.32. The molecule has 2 saturated heterocycles. The topological polar surface area (TPSA) is 84.9 Å². The van der Waals surface area contributed by atoms with Gasteiger partial charge in [0.05, 0.1) is 18.1 Å². The van der Waals surface area contributed by atoms with Crippen molar-refractivity contribution >= 4 is 37.5 Å². The minimum Gasteiger partial charge on any atom is -0.350 e. The molecule has 0 radical (unpaired) electrons. The number of halogens is 1. The number of carbonyl (C=O) groups is 1. The molecule has 160 valence electrons. The molecule has 2 aromatic carbocycles. The van der Waals surface area contributed by atoms with Crippen LogP contribution in [0.5, 0.6) is 0 Å². The summed E-state index contributed by atoms with van der Waals surface area (Å²) in [5.41, 5.74) is 0.814. The molecule has 4 rings (SSSR count). The molecule has 0 aliphatic carbocycles. The monoisotopic (exact) mass is 494 g/mol. The SMILES string of the molecule is O=C(c1cccc(S(=O)(=O)Nc2ccc(Br)cc2)c1)N1CCC(C2OCCO2)CC1. The Kier molecular flexibility index (Phi) is 6.43. The predicted molar refractivity (Wildman–Crippen MR) is 116 cm³/mol. The number of piperidine rings is 1. The highest BCUT2D eigenvalue weighted by Crippen LogP contribution is 2.27. The van der Waals surface area contributed by atoms with Gasteiger partial charge in [-0.1, -0.05) is 22.0 Å². The zero-order valence-electron chi connectivity index (χ0n) is 16.3. The van der Waals surface area contributed by atoms with Crippen LogP contribution < -0.4 is 4.72 Å². The Morgan fingerprint density at radius 3 is 2.37 bits per heavy atom. The fraction of sp³-hybridized carbons (Fsp3) is 0.381. The molecule has 30 heavy (non-hydrogen) atoms. The highest BCUT2D eigenvalue weighted by Gasteiger charge is 2.32. The number of nitrogens with zero attached hydrogens (tertiary/aromatic N) is 1. The Morgan fingerprint density at radius 2 is 1.70 bits per heavy atom. The van der Waals surface area contributed by atoms with E-state index < -0.39 is 10.0 Å². The number of carbonyl (C=O) groups excluding carboxylic acids is 1. The van der Waals surface area contributed by atoms with Crippen LogP contribution in [0.25, 0.3) is 0 Å². The second-order valence-electron chi connectivity index (χ2n) is 7.38. The Balaban J connectivity index is 1.43. The van der Waals surface area contributed by atoms with Gasteiger partial charge in [0.2, 0.25) is 0 Å². The number of amides is 1. The number of hydrogen-bond donors (Lipinski definition) is 1. The molecule has 1 amide bonds. The second kappa shape index (κ2) is 9.05. The van der Waals surface area contributed by atoms with Crippen molar-refractivity contribution in [2.75, 3.05) is 31.0 Å². The van der Waals surface area contributed by atoms with Crippen molar-refractivity contribution < 1.29 is 22.7 Å². The summed E-state index contributed by atoms with van der Waals surface area (Å²) in [4.78, 5) is 14.8. The van der Waals surface area contributed by atoms with E-state index >= 15 is 0 Å². The Hall–Kier alpha value is -1.94. The smallest absolute Gasteiger partial charge is 0.261 e. The largest absolute Gasteiger partial charge is 0.350 e. The number of benzene rings is 2.